The minimum absolute atomic E-state index is 0.296. The predicted octanol–water partition coefficient (Wildman–Crippen LogP) is 3.24. The lowest BCUT2D eigenvalue weighted by Crippen LogP contribution is -2.38. The minimum Gasteiger partial charge on any atom is -0.271 e. The third-order valence-electron chi connectivity index (χ3n) is 3.48. The van der Waals surface area contributed by atoms with Crippen LogP contribution in [0.3, 0.4) is 0 Å². The van der Waals surface area contributed by atoms with E-state index in [0.29, 0.717) is 6.04 Å². The van der Waals surface area contributed by atoms with E-state index in [-0.39, 0.29) is 0 Å². The van der Waals surface area contributed by atoms with Crippen LogP contribution in [-0.4, -0.2) is 6.04 Å². The monoisotopic (exact) mass is 274 g/mol. The van der Waals surface area contributed by atoms with Crippen LogP contribution in [0.5, 0.6) is 0 Å². The van der Waals surface area contributed by atoms with E-state index in [0.717, 1.165) is 19.3 Å². The first kappa shape index (κ1) is 14.3. The molecule has 0 aliphatic carbocycles. The molecule has 3 heteroatoms. The number of hydrazine groups is 1. The molecule has 0 radical (unpaired) electrons. The van der Waals surface area contributed by atoms with Crippen molar-refractivity contribution < 1.29 is 0 Å². The number of thiophene rings is 1. The molecule has 1 heterocycles. The molecule has 19 heavy (non-hydrogen) atoms. The Morgan fingerprint density at radius 3 is 2.47 bits per heavy atom. The van der Waals surface area contributed by atoms with Crippen molar-refractivity contribution in [3.63, 3.8) is 0 Å². The molecular weight excluding hydrogens is 252 g/mol. The Balaban J connectivity index is 2.02. The Labute approximate surface area is 119 Å². The zero-order chi connectivity index (χ0) is 13.7. The Hall–Kier alpha value is -1.16. The summed E-state index contributed by atoms with van der Waals surface area (Å²) < 4.78 is 0. The highest BCUT2D eigenvalue weighted by molar-refractivity contribution is 7.11. The number of rotatable bonds is 6. The summed E-state index contributed by atoms with van der Waals surface area (Å²) in [5, 5.41) is 0. The summed E-state index contributed by atoms with van der Waals surface area (Å²) in [7, 11) is 0. The summed E-state index contributed by atoms with van der Waals surface area (Å²) in [6, 6.07) is 13.3. The van der Waals surface area contributed by atoms with Crippen molar-refractivity contribution in [1.82, 2.24) is 5.43 Å². The van der Waals surface area contributed by atoms with E-state index in [4.69, 9.17) is 5.84 Å². The molecule has 3 N–H and O–H groups in total. The molecule has 1 aromatic carbocycles. The highest BCUT2D eigenvalue weighted by Gasteiger charge is 2.11. The zero-order valence-corrected chi connectivity index (χ0v) is 12.5. The molecule has 1 aromatic heterocycles. The molecule has 0 aliphatic heterocycles. The van der Waals surface area contributed by atoms with Gasteiger partial charge in [-0.25, -0.2) is 0 Å². The van der Waals surface area contributed by atoms with Crippen LogP contribution >= 0.6 is 11.3 Å². The fraction of sp³-hybridized carbons (Fsp3) is 0.375. The Morgan fingerprint density at radius 2 is 1.84 bits per heavy atom. The molecular formula is C16H22N2S. The summed E-state index contributed by atoms with van der Waals surface area (Å²) in [6.07, 6.45) is 3.08. The van der Waals surface area contributed by atoms with E-state index in [1.54, 1.807) is 0 Å². The standard InChI is InChI=1S/C16H22N2S/c1-3-15-8-9-16(19-15)11-14(18-17)10-13-7-5-4-6-12(13)2/h4-9,14,18H,3,10-11,17H2,1-2H3. The smallest absolute Gasteiger partial charge is 0.0299 e. The third-order valence-corrected chi connectivity index (χ3v) is 4.73. The van der Waals surface area contributed by atoms with Gasteiger partial charge in [0.1, 0.15) is 0 Å². The van der Waals surface area contributed by atoms with Crippen molar-refractivity contribution in [1.29, 1.82) is 0 Å². The van der Waals surface area contributed by atoms with Gasteiger partial charge in [-0.3, -0.25) is 11.3 Å². The maximum Gasteiger partial charge on any atom is 0.0299 e. The van der Waals surface area contributed by atoms with Crippen LogP contribution in [0, 0.1) is 6.92 Å². The Morgan fingerprint density at radius 1 is 1.11 bits per heavy atom. The lowest BCUT2D eigenvalue weighted by Gasteiger charge is -2.16. The van der Waals surface area contributed by atoms with Gasteiger partial charge in [-0.1, -0.05) is 31.2 Å². The summed E-state index contributed by atoms with van der Waals surface area (Å²) >= 11 is 1.90. The lowest BCUT2D eigenvalue weighted by molar-refractivity contribution is 0.525. The summed E-state index contributed by atoms with van der Waals surface area (Å²) in [5.41, 5.74) is 5.67. The van der Waals surface area contributed by atoms with E-state index in [1.165, 1.54) is 20.9 Å². The third kappa shape index (κ3) is 3.90. The van der Waals surface area contributed by atoms with Gasteiger partial charge < -0.3 is 0 Å². The van der Waals surface area contributed by atoms with Gasteiger partial charge in [-0.15, -0.1) is 11.3 Å². The first-order valence-electron chi connectivity index (χ1n) is 6.81. The van der Waals surface area contributed by atoms with E-state index in [2.05, 4.69) is 55.7 Å². The average molecular weight is 274 g/mol. The predicted molar refractivity (Wildman–Crippen MR) is 83.4 cm³/mol. The van der Waals surface area contributed by atoms with E-state index >= 15 is 0 Å². The quantitative estimate of drug-likeness (QED) is 0.627. The van der Waals surface area contributed by atoms with Gasteiger partial charge in [0, 0.05) is 15.8 Å². The summed E-state index contributed by atoms with van der Waals surface area (Å²) in [6.45, 7) is 4.35. The molecule has 1 atom stereocenters. The van der Waals surface area contributed by atoms with Crippen molar-refractivity contribution in [3.8, 4) is 0 Å². The largest absolute Gasteiger partial charge is 0.271 e. The highest BCUT2D eigenvalue weighted by Crippen LogP contribution is 2.20. The van der Waals surface area contributed by atoms with Crippen LogP contribution in [0.2, 0.25) is 0 Å². The van der Waals surface area contributed by atoms with Gasteiger partial charge in [0.25, 0.3) is 0 Å². The second kappa shape index (κ2) is 6.85. The number of hydrogen-bond donors (Lipinski definition) is 2. The van der Waals surface area contributed by atoms with Crippen LogP contribution in [0.15, 0.2) is 36.4 Å². The second-order valence-electron chi connectivity index (χ2n) is 4.92. The molecule has 0 amide bonds. The second-order valence-corrected chi connectivity index (χ2v) is 6.17. The van der Waals surface area contributed by atoms with Gasteiger partial charge in [0.2, 0.25) is 0 Å². The molecule has 0 spiro atoms. The van der Waals surface area contributed by atoms with Gasteiger partial charge in [0.05, 0.1) is 0 Å². The number of benzene rings is 1. The summed E-state index contributed by atoms with van der Waals surface area (Å²) in [4.78, 5) is 2.86. The first-order valence-corrected chi connectivity index (χ1v) is 7.62. The average Bonchev–Trinajstić information content (AvgIpc) is 2.88. The van der Waals surface area contributed by atoms with Crippen molar-refractivity contribution >= 4 is 11.3 Å². The zero-order valence-electron chi connectivity index (χ0n) is 11.6. The van der Waals surface area contributed by atoms with Crippen molar-refractivity contribution in [2.45, 2.75) is 39.2 Å². The molecule has 1 unspecified atom stereocenters. The normalized spacial score (nSPS) is 12.6. The van der Waals surface area contributed by atoms with Crippen molar-refractivity contribution in [3.05, 3.63) is 57.3 Å². The minimum atomic E-state index is 0.296. The van der Waals surface area contributed by atoms with Gasteiger partial charge in [-0.05, 0) is 49.4 Å². The molecule has 2 aromatic rings. The van der Waals surface area contributed by atoms with Gasteiger partial charge >= 0.3 is 0 Å². The maximum absolute atomic E-state index is 5.71. The van der Waals surface area contributed by atoms with Gasteiger partial charge in [0.15, 0.2) is 0 Å². The number of aryl methyl sites for hydroxylation is 2. The first-order chi connectivity index (χ1) is 9.22. The van der Waals surface area contributed by atoms with Crippen LogP contribution in [0.25, 0.3) is 0 Å². The van der Waals surface area contributed by atoms with E-state index in [1.807, 2.05) is 11.3 Å². The maximum atomic E-state index is 5.71. The molecule has 0 aliphatic rings. The van der Waals surface area contributed by atoms with Gasteiger partial charge in [-0.2, -0.15) is 0 Å². The number of nitrogens with one attached hydrogen (secondary N) is 1. The Kier molecular flexibility index (Phi) is 5.14. The topological polar surface area (TPSA) is 38.0 Å². The van der Waals surface area contributed by atoms with Crippen LogP contribution < -0.4 is 11.3 Å². The molecule has 0 saturated heterocycles. The molecule has 2 nitrogen and oxygen atoms in total. The molecule has 0 saturated carbocycles. The van der Waals surface area contributed by atoms with E-state index < -0.39 is 0 Å². The number of hydrogen-bond acceptors (Lipinski definition) is 3. The highest BCUT2D eigenvalue weighted by atomic mass is 32.1. The molecule has 0 bridgehead atoms. The fourth-order valence-corrected chi connectivity index (χ4v) is 3.30. The molecule has 2 rings (SSSR count). The van der Waals surface area contributed by atoms with Crippen molar-refractivity contribution in [2.24, 2.45) is 5.84 Å². The van der Waals surface area contributed by atoms with Crippen LogP contribution in [0.4, 0.5) is 0 Å². The SMILES string of the molecule is CCc1ccc(CC(Cc2ccccc2C)NN)s1. The van der Waals surface area contributed by atoms with Crippen LogP contribution in [-0.2, 0) is 19.3 Å². The fourth-order valence-electron chi connectivity index (χ4n) is 2.26. The summed E-state index contributed by atoms with van der Waals surface area (Å²) in [5.74, 6) is 5.71. The number of nitrogens with two attached hydrogens (primary N) is 1. The molecule has 102 valence electrons. The lowest BCUT2D eigenvalue weighted by atomic mass is 9.99. The van der Waals surface area contributed by atoms with Crippen molar-refractivity contribution in [2.75, 3.05) is 0 Å². The van der Waals surface area contributed by atoms with Crippen LogP contribution in [0.1, 0.15) is 27.8 Å². The molecule has 0 fully saturated rings. The Bertz CT molecular complexity index is 519. The van der Waals surface area contributed by atoms with E-state index in [9.17, 15) is 0 Å².